The molecule has 7 nitrogen and oxygen atoms in total. The number of methoxy groups -OCH3 is 1. The smallest absolute Gasteiger partial charge is 0.265 e. The number of rotatable bonds is 6. The number of halogens is 1. The molecule has 154 valence electrons. The third kappa shape index (κ3) is 4.83. The molecular formula is C20H22ClN3O4S. The van der Waals surface area contributed by atoms with E-state index in [0.717, 1.165) is 5.69 Å². The van der Waals surface area contributed by atoms with E-state index in [1.165, 1.54) is 25.3 Å². The van der Waals surface area contributed by atoms with Crippen LogP contribution in [0.3, 0.4) is 0 Å². The highest BCUT2D eigenvalue weighted by molar-refractivity contribution is 7.92. The number of amides is 1. The van der Waals surface area contributed by atoms with Crippen molar-refractivity contribution in [3.05, 3.63) is 60.1 Å². The van der Waals surface area contributed by atoms with E-state index in [2.05, 4.69) is 16.2 Å². The topological polar surface area (TPSA) is 79.0 Å². The van der Waals surface area contributed by atoms with E-state index < -0.39 is 10.0 Å². The Bertz CT molecular complexity index is 1020. The number of sulfonamides is 1. The number of carbonyl (C=O) groups excluding carboxylic acids is 1. The van der Waals surface area contributed by atoms with Crippen molar-refractivity contribution < 1.29 is 17.9 Å². The first kappa shape index (κ1) is 21.0. The molecule has 1 saturated heterocycles. The van der Waals surface area contributed by atoms with Crippen LogP contribution in [0.5, 0.6) is 5.75 Å². The predicted octanol–water partition coefficient (Wildman–Crippen LogP) is 2.98. The monoisotopic (exact) mass is 435 g/mol. The second-order valence-corrected chi connectivity index (χ2v) is 8.55. The van der Waals surface area contributed by atoms with Crippen LogP contribution in [-0.2, 0) is 14.8 Å². The molecule has 0 radical (unpaired) electrons. The molecular weight excluding hydrogens is 414 g/mol. The number of hydrogen-bond donors (Lipinski definition) is 1. The van der Waals surface area contributed by atoms with Gasteiger partial charge in [0.1, 0.15) is 10.6 Å². The molecule has 1 amide bonds. The summed E-state index contributed by atoms with van der Waals surface area (Å²) >= 11 is 5.97. The molecule has 0 saturated carbocycles. The highest BCUT2D eigenvalue weighted by Gasteiger charge is 2.22. The molecule has 1 heterocycles. The van der Waals surface area contributed by atoms with Crippen molar-refractivity contribution in [1.29, 1.82) is 0 Å². The number of benzene rings is 2. The fraction of sp³-hybridized carbons (Fsp3) is 0.250. The zero-order valence-corrected chi connectivity index (χ0v) is 17.5. The summed E-state index contributed by atoms with van der Waals surface area (Å²) in [6, 6.07) is 11.6. The molecule has 0 aliphatic carbocycles. The lowest BCUT2D eigenvalue weighted by molar-refractivity contribution is -0.126. The van der Waals surface area contributed by atoms with Gasteiger partial charge in [0.2, 0.25) is 5.91 Å². The van der Waals surface area contributed by atoms with E-state index in [1.54, 1.807) is 29.2 Å². The molecule has 3 rings (SSSR count). The first-order valence-corrected chi connectivity index (χ1v) is 10.8. The van der Waals surface area contributed by atoms with Crippen molar-refractivity contribution in [2.24, 2.45) is 0 Å². The Morgan fingerprint density at radius 3 is 2.55 bits per heavy atom. The molecule has 1 aliphatic rings. The van der Waals surface area contributed by atoms with Crippen LogP contribution in [-0.4, -0.2) is 52.5 Å². The van der Waals surface area contributed by atoms with Gasteiger partial charge >= 0.3 is 0 Å². The molecule has 1 aliphatic heterocycles. The van der Waals surface area contributed by atoms with E-state index in [9.17, 15) is 13.2 Å². The maximum absolute atomic E-state index is 12.9. The van der Waals surface area contributed by atoms with E-state index >= 15 is 0 Å². The maximum atomic E-state index is 12.9. The normalized spacial score (nSPS) is 14.4. The van der Waals surface area contributed by atoms with Crippen molar-refractivity contribution in [2.45, 2.75) is 4.90 Å². The van der Waals surface area contributed by atoms with Crippen molar-refractivity contribution in [2.75, 3.05) is 42.9 Å². The number of nitrogens with zero attached hydrogens (tertiary/aromatic N) is 2. The minimum atomic E-state index is -3.89. The molecule has 0 unspecified atom stereocenters. The largest absolute Gasteiger partial charge is 0.495 e. The molecule has 1 fully saturated rings. The second-order valence-electron chi connectivity index (χ2n) is 6.47. The Labute approximate surface area is 175 Å². The summed E-state index contributed by atoms with van der Waals surface area (Å²) in [4.78, 5) is 15.5. The van der Waals surface area contributed by atoms with Gasteiger partial charge < -0.3 is 14.5 Å². The van der Waals surface area contributed by atoms with Gasteiger partial charge in [-0.1, -0.05) is 24.2 Å². The second kappa shape index (κ2) is 8.75. The number of carbonyl (C=O) groups is 1. The lowest BCUT2D eigenvalue weighted by Crippen LogP contribution is -2.48. The predicted molar refractivity (Wildman–Crippen MR) is 114 cm³/mol. The Kier molecular flexibility index (Phi) is 6.34. The van der Waals surface area contributed by atoms with Crippen LogP contribution in [0.2, 0.25) is 5.02 Å². The first-order valence-electron chi connectivity index (χ1n) is 8.97. The van der Waals surface area contributed by atoms with Crippen molar-refractivity contribution in [3.8, 4) is 5.75 Å². The number of piperazine rings is 1. The minimum Gasteiger partial charge on any atom is -0.495 e. The maximum Gasteiger partial charge on any atom is 0.265 e. The van der Waals surface area contributed by atoms with E-state index in [4.69, 9.17) is 16.3 Å². The lowest BCUT2D eigenvalue weighted by Gasteiger charge is -2.35. The van der Waals surface area contributed by atoms with Gasteiger partial charge in [-0.25, -0.2) is 8.42 Å². The fourth-order valence-corrected chi connectivity index (χ4v) is 4.63. The molecule has 2 aromatic carbocycles. The highest BCUT2D eigenvalue weighted by atomic mass is 35.5. The van der Waals surface area contributed by atoms with Crippen LogP contribution in [0.4, 0.5) is 11.4 Å². The summed E-state index contributed by atoms with van der Waals surface area (Å²) in [7, 11) is -2.49. The Hall–Kier alpha value is -2.71. The minimum absolute atomic E-state index is 0.0329. The standard InChI is InChI=1S/C20H22ClN3O4S/c1-3-20(25)24-11-9-23(10-12-24)17-6-4-5-16(14-17)22-29(26,27)19-13-15(21)7-8-18(19)28-2/h3-8,13-14,22H,1,9-12H2,2H3. The molecule has 0 atom stereocenters. The van der Waals surface area contributed by atoms with Crippen LogP contribution in [0, 0.1) is 0 Å². The van der Waals surface area contributed by atoms with Gasteiger partial charge in [-0.2, -0.15) is 0 Å². The van der Waals surface area contributed by atoms with Crippen LogP contribution in [0.25, 0.3) is 0 Å². The van der Waals surface area contributed by atoms with Gasteiger partial charge in [0.15, 0.2) is 0 Å². The van der Waals surface area contributed by atoms with Crippen LogP contribution >= 0.6 is 11.6 Å². The third-order valence-corrected chi connectivity index (χ3v) is 6.28. The zero-order valence-electron chi connectivity index (χ0n) is 16.0. The van der Waals surface area contributed by atoms with Gasteiger partial charge in [-0.15, -0.1) is 0 Å². The Balaban J connectivity index is 1.78. The summed E-state index contributed by atoms with van der Waals surface area (Å²) in [5.41, 5.74) is 1.29. The van der Waals surface area contributed by atoms with Crippen molar-refractivity contribution >= 4 is 38.9 Å². The van der Waals surface area contributed by atoms with Crippen molar-refractivity contribution in [3.63, 3.8) is 0 Å². The SMILES string of the molecule is C=CC(=O)N1CCN(c2cccc(NS(=O)(=O)c3cc(Cl)ccc3OC)c2)CC1. The Morgan fingerprint density at radius 2 is 1.90 bits per heavy atom. The highest BCUT2D eigenvalue weighted by Crippen LogP contribution is 2.29. The lowest BCUT2D eigenvalue weighted by atomic mass is 10.2. The first-order chi connectivity index (χ1) is 13.8. The van der Waals surface area contributed by atoms with E-state index in [1.807, 2.05) is 6.07 Å². The number of hydrogen-bond acceptors (Lipinski definition) is 5. The average Bonchev–Trinajstić information content (AvgIpc) is 2.73. The number of nitrogens with one attached hydrogen (secondary N) is 1. The van der Waals surface area contributed by atoms with Crippen molar-refractivity contribution in [1.82, 2.24) is 4.90 Å². The van der Waals surface area contributed by atoms with E-state index in [-0.39, 0.29) is 16.6 Å². The molecule has 0 bridgehead atoms. The van der Waals surface area contributed by atoms with Gasteiger partial charge in [0.05, 0.1) is 12.8 Å². The van der Waals surface area contributed by atoms with Gasteiger partial charge in [0, 0.05) is 36.9 Å². The van der Waals surface area contributed by atoms with Gasteiger partial charge in [-0.3, -0.25) is 9.52 Å². The van der Waals surface area contributed by atoms with Crippen LogP contribution in [0.15, 0.2) is 60.0 Å². The molecule has 1 N–H and O–H groups in total. The molecule has 2 aromatic rings. The average molecular weight is 436 g/mol. The van der Waals surface area contributed by atoms with Crippen LogP contribution < -0.4 is 14.4 Å². The molecule has 9 heteroatoms. The summed E-state index contributed by atoms with van der Waals surface area (Å²) in [6.45, 7) is 5.98. The zero-order chi connectivity index (χ0) is 21.0. The van der Waals surface area contributed by atoms with Gasteiger partial charge in [-0.05, 0) is 42.5 Å². The number of ether oxygens (including phenoxy) is 1. The fourth-order valence-electron chi connectivity index (χ4n) is 3.15. The Morgan fingerprint density at radius 1 is 1.17 bits per heavy atom. The molecule has 0 spiro atoms. The molecule has 0 aromatic heterocycles. The number of anilines is 2. The van der Waals surface area contributed by atoms with E-state index in [0.29, 0.717) is 36.9 Å². The third-order valence-electron chi connectivity index (χ3n) is 4.64. The quantitative estimate of drug-likeness (QED) is 0.705. The van der Waals surface area contributed by atoms with Crippen LogP contribution in [0.1, 0.15) is 0 Å². The molecule has 29 heavy (non-hydrogen) atoms. The summed E-state index contributed by atoms with van der Waals surface area (Å²) in [5.74, 6) is 0.127. The summed E-state index contributed by atoms with van der Waals surface area (Å²) in [5, 5.41) is 0.298. The summed E-state index contributed by atoms with van der Waals surface area (Å²) in [6.07, 6.45) is 1.31. The summed E-state index contributed by atoms with van der Waals surface area (Å²) < 4.78 is 33.4. The van der Waals surface area contributed by atoms with Gasteiger partial charge in [0.25, 0.3) is 10.0 Å².